The number of halogens is 1. The fourth-order valence-electron chi connectivity index (χ4n) is 2.40. The molecule has 0 aliphatic carbocycles. The van der Waals surface area contributed by atoms with E-state index in [0.717, 1.165) is 21.8 Å². The van der Waals surface area contributed by atoms with E-state index in [2.05, 4.69) is 56.9 Å². The van der Waals surface area contributed by atoms with Crippen molar-refractivity contribution in [2.45, 2.75) is 0 Å². The molecule has 3 rings (SSSR count). The molecule has 0 bridgehead atoms. The SMILES string of the molecule is O=C(NCCBr)Nc1cccc2cc3ccccc3cc12. The first-order valence-electron chi connectivity index (χ1n) is 6.80. The highest BCUT2D eigenvalue weighted by Crippen LogP contribution is 2.28. The van der Waals surface area contributed by atoms with Crippen molar-refractivity contribution in [3.05, 3.63) is 54.6 Å². The van der Waals surface area contributed by atoms with Gasteiger partial charge in [0.1, 0.15) is 0 Å². The molecule has 0 radical (unpaired) electrons. The molecular weight excluding hydrogens is 328 g/mol. The summed E-state index contributed by atoms with van der Waals surface area (Å²) in [7, 11) is 0. The number of rotatable bonds is 3. The van der Waals surface area contributed by atoms with Crippen LogP contribution >= 0.6 is 15.9 Å². The minimum absolute atomic E-state index is 0.185. The lowest BCUT2D eigenvalue weighted by molar-refractivity contribution is 0.252. The van der Waals surface area contributed by atoms with E-state index in [1.54, 1.807) is 0 Å². The van der Waals surface area contributed by atoms with E-state index >= 15 is 0 Å². The summed E-state index contributed by atoms with van der Waals surface area (Å²) in [6, 6.07) is 18.2. The maximum absolute atomic E-state index is 11.8. The van der Waals surface area contributed by atoms with Crippen molar-refractivity contribution >= 4 is 49.2 Å². The Kier molecular flexibility index (Phi) is 4.06. The second-order valence-corrected chi connectivity index (χ2v) is 5.59. The van der Waals surface area contributed by atoms with Crippen molar-refractivity contribution in [3.63, 3.8) is 0 Å². The molecule has 0 heterocycles. The molecule has 3 nitrogen and oxygen atoms in total. The zero-order valence-electron chi connectivity index (χ0n) is 11.4. The van der Waals surface area contributed by atoms with Crippen LogP contribution in [-0.4, -0.2) is 17.9 Å². The summed E-state index contributed by atoms with van der Waals surface area (Å²) in [5.41, 5.74) is 0.824. The first-order valence-corrected chi connectivity index (χ1v) is 7.92. The Morgan fingerprint density at radius 3 is 2.43 bits per heavy atom. The Balaban J connectivity index is 2.02. The largest absolute Gasteiger partial charge is 0.337 e. The Labute approximate surface area is 131 Å². The third kappa shape index (κ3) is 3.00. The van der Waals surface area contributed by atoms with Gasteiger partial charge in [0.25, 0.3) is 0 Å². The van der Waals surface area contributed by atoms with Crippen LogP contribution in [0.5, 0.6) is 0 Å². The van der Waals surface area contributed by atoms with Gasteiger partial charge in [-0.2, -0.15) is 0 Å². The number of alkyl halides is 1. The summed E-state index contributed by atoms with van der Waals surface area (Å²) in [6.45, 7) is 0.597. The number of hydrogen-bond donors (Lipinski definition) is 2. The average molecular weight is 343 g/mol. The lowest BCUT2D eigenvalue weighted by Gasteiger charge is -2.10. The molecule has 0 saturated carbocycles. The van der Waals surface area contributed by atoms with Crippen molar-refractivity contribution < 1.29 is 4.79 Å². The van der Waals surface area contributed by atoms with E-state index in [4.69, 9.17) is 0 Å². The Morgan fingerprint density at radius 1 is 0.952 bits per heavy atom. The quantitative estimate of drug-likeness (QED) is 0.533. The van der Waals surface area contributed by atoms with Crippen LogP contribution in [-0.2, 0) is 0 Å². The van der Waals surface area contributed by atoms with Gasteiger partial charge in [0.2, 0.25) is 0 Å². The average Bonchev–Trinajstić information content (AvgIpc) is 2.51. The number of anilines is 1. The molecule has 0 unspecified atom stereocenters. The summed E-state index contributed by atoms with van der Waals surface area (Å²) < 4.78 is 0. The minimum Gasteiger partial charge on any atom is -0.337 e. The summed E-state index contributed by atoms with van der Waals surface area (Å²) in [6.07, 6.45) is 0. The van der Waals surface area contributed by atoms with Gasteiger partial charge in [-0.25, -0.2) is 4.79 Å². The van der Waals surface area contributed by atoms with Gasteiger partial charge in [0.05, 0.1) is 5.69 Å². The third-order valence-electron chi connectivity index (χ3n) is 3.37. The van der Waals surface area contributed by atoms with E-state index in [1.165, 1.54) is 10.8 Å². The molecule has 0 saturated heterocycles. The predicted molar refractivity (Wildman–Crippen MR) is 92.3 cm³/mol. The van der Waals surface area contributed by atoms with E-state index in [1.807, 2.05) is 24.3 Å². The van der Waals surface area contributed by atoms with Crippen molar-refractivity contribution in [3.8, 4) is 0 Å². The minimum atomic E-state index is -0.185. The normalized spacial score (nSPS) is 10.7. The van der Waals surface area contributed by atoms with Gasteiger partial charge in [-0.15, -0.1) is 0 Å². The molecule has 106 valence electrons. The van der Waals surface area contributed by atoms with Crippen LogP contribution in [0.2, 0.25) is 0 Å². The fourth-order valence-corrected chi connectivity index (χ4v) is 2.60. The van der Waals surface area contributed by atoms with E-state index in [0.29, 0.717) is 6.54 Å². The number of carbonyl (C=O) groups is 1. The van der Waals surface area contributed by atoms with Gasteiger partial charge in [-0.3, -0.25) is 0 Å². The van der Waals surface area contributed by atoms with Crippen molar-refractivity contribution in [1.82, 2.24) is 5.32 Å². The molecule has 2 amide bonds. The van der Waals surface area contributed by atoms with Crippen molar-refractivity contribution in [2.75, 3.05) is 17.2 Å². The summed E-state index contributed by atoms with van der Waals surface area (Å²) in [5.74, 6) is 0. The first kappa shape index (κ1) is 13.9. The van der Waals surface area contributed by atoms with E-state index in [-0.39, 0.29) is 6.03 Å². The highest BCUT2D eigenvalue weighted by molar-refractivity contribution is 9.09. The van der Waals surface area contributed by atoms with Crippen molar-refractivity contribution in [2.24, 2.45) is 0 Å². The van der Waals surface area contributed by atoms with Gasteiger partial charge in [-0.05, 0) is 34.4 Å². The summed E-state index contributed by atoms with van der Waals surface area (Å²) >= 11 is 3.29. The van der Waals surface area contributed by atoms with Gasteiger partial charge in [-0.1, -0.05) is 52.3 Å². The smallest absolute Gasteiger partial charge is 0.319 e. The molecule has 0 spiro atoms. The molecule has 0 aromatic heterocycles. The van der Waals surface area contributed by atoms with Crippen LogP contribution in [0.4, 0.5) is 10.5 Å². The highest BCUT2D eigenvalue weighted by atomic mass is 79.9. The van der Waals surface area contributed by atoms with Crippen LogP contribution < -0.4 is 10.6 Å². The summed E-state index contributed by atoms with van der Waals surface area (Å²) in [5, 5.41) is 11.0. The number of urea groups is 1. The standard InChI is InChI=1S/C17H15BrN2O/c18-8-9-19-17(21)20-16-7-3-6-14-10-12-4-1-2-5-13(12)11-15(14)16/h1-7,10-11H,8-9H2,(H2,19,20,21). The Morgan fingerprint density at radius 2 is 1.67 bits per heavy atom. The molecule has 2 N–H and O–H groups in total. The molecule has 0 atom stereocenters. The lowest BCUT2D eigenvalue weighted by atomic mass is 10.0. The molecular formula is C17H15BrN2O. The number of amides is 2. The van der Waals surface area contributed by atoms with E-state index < -0.39 is 0 Å². The molecule has 0 fully saturated rings. The van der Waals surface area contributed by atoms with Crippen LogP contribution in [0.1, 0.15) is 0 Å². The van der Waals surface area contributed by atoms with Gasteiger partial charge >= 0.3 is 6.03 Å². The maximum atomic E-state index is 11.8. The first-order chi connectivity index (χ1) is 10.3. The number of carbonyl (C=O) groups excluding carboxylic acids is 1. The molecule has 0 aliphatic heterocycles. The molecule has 3 aromatic carbocycles. The van der Waals surface area contributed by atoms with Crippen LogP contribution in [0, 0.1) is 0 Å². The van der Waals surface area contributed by atoms with Crippen LogP contribution in [0.15, 0.2) is 54.6 Å². The summed E-state index contributed by atoms with van der Waals surface area (Å²) in [4.78, 5) is 11.8. The second-order valence-electron chi connectivity index (χ2n) is 4.80. The Bertz CT molecular complexity index is 801. The molecule has 0 aliphatic rings. The highest BCUT2D eigenvalue weighted by Gasteiger charge is 2.06. The Hall–Kier alpha value is -2.07. The van der Waals surface area contributed by atoms with E-state index in [9.17, 15) is 4.79 Å². The molecule has 3 aromatic rings. The van der Waals surface area contributed by atoms with Gasteiger partial charge in [0, 0.05) is 17.3 Å². The number of hydrogen-bond acceptors (Lipinski definition) is 1. The monoisotopic (exact) mass is 342 g/mol. The second kappa shape index (κ2) is 6.14. The molecule has 21 heavy (non-hydrogen) atoms. The lowest BCUT2D eigenvalue weighted by Crippen LogP contribution is -2.30. The topological polar surface area (TPSA) is 41.1 Å². The van der Waals surface area contributed by atoms with Gasteiger partial charge in [0.15, 0.2) is 0 Å². The fraction of sp³-hybridized carbons (Fsp3) is 0.118. The van der Waals surface area contributed by atoms with Gasteiger partial charge < -0.3 is 10.6 Å². The van der Waals surface area contributed by atoms with Crippen LogP contribution in [0.25, 0.3) is 21.5 Å². The van der Waals surface area contributed by atoms with Crippen molar-refractivity contribution in [1.29, 1.82) is 0 Å². The molecule has 4 heteroatoms. The zero-order chi connectivity index (χ0) is 14.7. The van der Waals surface area contributed by atoms with Crippen LogP contribution in [0.3, 0.4) is 0 Å². The zero-order valence-corrected chi connectivity index (χ0v) is 13.0. The number of nitrogens with one attached hydrogen (secondary N) is 2. The third-order valence-corrected chi connectivity index (χ3v) is 3.77. The maximum Gasteiger partial charge on any atom is 0.319 e. The number of fused-ring (bicyclic) bond motifs is 2. The number of benzene rings is 3. The predicted octanol–water partition coefficient (Wildman–Crippen LogP) is 4.51.